The smallest absolute Gasteiger partial charge is 0.282 e. The Morgan fingerprint density at radius 2 is 2.14 bits per heavy atom. The number of rotatable bonds is 6. The van der Waals surface area contributed by atoms with Crippen molar-refractivity contribution in [1.29, 1.82) is 0 Å². The molecule has 2 N–H and O–H groups in total. The van der Waals surface area contributed by atoms with Crippen LogP contribution in [-0.4, -0.2) is 26.1 Å². The molecule has 1 heterocycles. The Morgan fingerprint density at radius 1 is 1.38 bits per heavy atom. The van der Waals surface area contributed by atoms with Crippen LogP contribution in [0.25, 0.3) is 0 Å². The van der Waals surface area contributed by atoms with Crippen molar-refractivity contribution in [3.05, 3.63) is 46.7 Å². The van der Waals surface area contributed by atoms with Gasteiger partial charge in [-0.15, -0.1) is 0 Å². The van der Waals surface area contributed by atoms with E-state index in [-0.39, 0.29) is 11.9 Å². The summed E-state index contributed by atoms with van der Waals surface area (Å²) < 4.78 is 5.25. The third-order valence-corrected chi connectivity index (χ3v) is 4.29. The molecule has 0 saturated carbocycles. The van der Waals surface area contributed by atoms with Gasteiger partial charge in [-0.1, -0.05) is 12.1 Å². The van der Waals surface area contributed by atoms with E-state index in [0.29, 0.717) is 11.4 Å². The van der Waals surface area contributed by atoms with Gasteiger partial charge < -0.3 is 15.0 Å². The molecule has 1 aromatic carbocycles. The van der Waals surface area contributed by atoms with Gasteiger partial charge in [0.25, 0.3) is 5.91 Å². The highest BCUT2D eigenvalue weighted by Crippen LogP contribution is 2.22. The van der Waals surface area contributed by atoms with Crippen LogP contribution in [0.4, 0.5) is 5.69 Å². The molecule has 112 valence electrons. The van der Waals surface area contributed by atoms with Gasteiger partial charge in [-0.05, 0) is 35.9 Å². The summed E-state index contributed by atoms with van der Waals surface area (Å²) in [6.07, 6.45) is 0. The summed E-state index contributed by atoms with van der Waals surface area (Å²) in [5.74, 6) is 0.667. The number of carbonyl (C=O) groups is 1. The monoisotopic (exact) mass is 305 g/mol. The number of anilines is 1. The number of nitrogens with one attached hydrogen (secondary N) is 2. The van der Waals surface area contributed by atoms with Gasteiger partial charge in [0.05, 0.1) is 19.8 Å². The Balaban J connectivity index is 1.98. The molecule has 2 aromatic rings. The van der Waals surface area contributed by atoms with E-state index in [0.717, 1.165) is 11.4 Å². The number of hydrogen-bond acceptors (Lipinski definition) is 3. The maximum Gasteiger partial charge on any atom is 0.282 e. The first-order valence-electron chi connectivity index (χ1n) is 6.89. The summed E-state index contributed by atoms with van der Waals surface area (Å²) in [6.45, 7) is 2.77. The lowest BCUT2D eigenvalue weighted by molar-refractivity contribution is -0.907. The first kappa shape index (κ1) is 15.5. The lowest BCUT2D eigenvalue weighted by atomic mass is 10.2. The second-order valence-electron chi connectivity index (χ2n) is 5.07. The second-order valence-corrected chi connectivity index (χ2v) is 5.85. The zero-order chi connectivity index (χ0) is 15.2. The van der Waals surface area contributed by atoms with Crippen LogP contribution in [0.1, 0.15) is 12.5 Å². The molecule has 5 heteroatoms. The lowest BCUT2D eigenvalue weighted by Crippen LogP contribution is -3.12. The number of amides is 1. The minimum Gasteiger partial charge on any atom is -0.495 e. The number of para-hydroxylation sites is 2. The highest BCUT2D eigenvalue weighted by molar-refractivity contribution is 7.07. The van der Waals surface area contributed by atoms with Crippen molar-refractivity contribution in [3.8, 4) is 5.75 Å². The van der Waals surface area contributed by atoms with E-state index in [1.165, 1.54) is 5.56 Å². The number of carbonyl (C=O) groups excluding carboxylic acids is 1. The number of hydrogen-bond donors (Lipinski definition) is 2. The summed E-state index contributed by atoms with van der Waals surface area (Å²) in [5.41, 5.74) is 1.97. The lowest BCUT2D eigenvalue weighted by Gasteiger charge is -2.21. The molecule has 0 aliphatic rings. The van der Waals surface area contributed by atoms with Crippen LogP contribution in [0.5, 0.6) is 5.75 Å². The summed E-state index contributed by atoms with van der Waals surface area (Å²) >= 11 is 1.68. The zero-order valence-electron chi connectivity index (χ0n) is 12.6. The summed E-state index contributed by atoms with van der Waals surface area (Å²) in [6, 6.07) is 9.39. The van der Waals surface area contributed by atoms with Gasteiger partial charge in [0.2, 0.25) is 0 Å². The summed E-state index contributed by atoms with van der Waals surface area (Å²) in [7, 11) is 3.63. The van der Waals surface area contributed by atoms with Crippen molar-refractivity contribution >= 4 is 22.9 Å². The fourth-order valence-corrected chi connectivity index (χ4v) is 2.75. The van der Waals surface area contributed by atoms with Crippen molar-refractivity contribution in [2.45, 2.75) is 19.5 Å². The molecule has 1 aromatic heterocycles. The van der Waals surface area contributed by atoms with Crippen LogP contribution in [-0.2, 0) is 11.3 Å². The van der Waals surface area contributed by atoms with Crippen LogP contribution < -0.4 is 15.0 Å². The Morgan fingerprint density at radius 3 is 2.81 bits per heavy atom. The van der Waals surface area contributed by atoms with Gasteiger partial charge in [0, 0.05) is 5.56 Å². The van der Waals surface area contributed by atoms with Gasteiger partial charge in [0.15, 0.2) is 6.04 Å². The molecule has 1 amide bonds. The van der Waals surface area contributed by atoms with E-state index in [1.807, 2.05) is 38.2 Å². The van der Waals surface area contributed by atoms with Crippen LogP contribution in [0.15, 0.2) is 41.1 Å². The number of methoxy groups -OCH3 is 1. The molecule has 0 fully saturated rings. The molecule has 0 aliphatic carbocycles. The molecular formula is C16H21N2O2S+. The maximum atomic E-state index is 12.4. The standard InChI is InChI=1S/C16H20N2O2S/c1-12(18(2)10-13-8-9-21-11-13)16(19)17-14-6-4-5-7-15(14)20-3/h4-9,11-12H,10H2,1-3H3,(H,17,19)/p+1/t12-/m1/s1. The van der Waals surface area contributed by atoms with Gasteiger partial charge in [-0.3, -0.25) is 4.79 Å². The molecule has 0 aliphatic heterocycles. The van der Waals surface area contributed by atoms with Crippen molar-refractivity contribution in [1.82, 2.24) is 0 Å². The molecule has 4 nitrogen and oxygen atoms in total. The van der Waals surface area contributed by atoms with Gasteiger partial charge in [-0.25, -0.2) is 0 Å². The largest absolute Gasteiger partial charge is 0.495 e. The van der Waals surface area contributed by atoms with Crippen molar-refractivity contribution in [2.75, 3.05) is 19.5 Å². The third-order valence-electron chi connectivity index (χ3n) is 3.56. The van der Waals surface area contributed by atoms with E-state index in [4.69, 9.17) is 4.74 Å². The molecule has 1 unspecified atom stereocenters. The summed E-state index contributed by atoms with van der Waals surface area (Å²) in [4.78, 5) is 13.5. The first-order chi connectivity index (χ1) is 10.1. The van der Waals surface area contributed by atoms with Crippen molar-refractivity contribution in [2.24, 2.45) is 0 Å². The minimum atomic E-state index is -0.144. The molecule has 0 bridgehead atoms. The number of benzene rings is 1. The Kier molecular flexibility index (Phi) is 5.36. The molecule has 2 rings (SSSR count). The van der Waals surface area contributed by atoms with Crippen LogP contribution >= 0.6 is 11.3 Å². The molecule has 0 saturated heterocycles. The van der Waals surface area contributed by atoms with Crippen LogP contribution in [0, 0.1) is 0 Å². The number of quaternary nitrogens is 1. The quantitative estimate of drug-likeness (QED) is 0.854. The van der Waals surface area contributed by atoms with Crippen molar-refractivity contribution < 1.29 is 14.4 Å². The fourth-order valence-electron chi connectivity index (χ4n) is 2.08. The maximum absolute atomic E-state index is 12.4. The highest BCUT2D eigenvalue weighted by atomic mass is 32.1. The average Bonchev–Trinajstić information content (AvgIpc) is 2.99. The van der Waals surface area contributed by atoms with Crippen molar-refractivity contribution in [3.63, 3.8) is 0 Å². The number of thiophene rings is 1. The Bertz CT molecular complexity index is 584. The van der Waals surface area contributed by atoms with Crippen LogP contribution in [0.3, 0.4) is 0 Å². The second kappa shape index (κ2) is 7.24. The van der Waals surface area contributed by atoms with E-state index >= 15 is 0 Å². The molecule has 0 radical (unpaired) electrons. The number of ether oxygens (including phenoxy) is 1. The SMILES string of the molecule is COc1ccccc1NC(=O)[C@@H](C)[NH+](C)Cc1ccsc1. The molecular weight excluding hydrogens is 284 g/mol. The summed E-state index contributed by atoms with van der Waals surface area (Å²) in [5, 5.41) is 7.12. The van der Waals surface area contributed by atoms with Gasteiger partial charge in [-0.2, -0.15) is 11.3 Å². The average molecular weight is 305 g/mol. The molecule has 21 heavy (non-hydrogen) atoms. The Hall–Kier alpha value is -1.85. The third kappa shape index (κ3) is 4.06. The zero-order valence-corrected chi connectivity index (χ0v) is 13.4. The molecule has 2 atom stereocenters. The predicted molar refractivity (Wildman–Crippen MR) is 86.0 cm³/mol. The van der Waals surface area contributed by atoms with E-state index in [1.54, 1.807) is 18.4 Å². The molecule has 0 spiro atoms. The fraction of sp³-hybridized carbons (Fsp3) is 0.312. The normalized spacial score (nSPS) is 13.5. The van der Waals surface area contributed by atoms with Crippen LogP contribution in [0.2, 0.25) is 0 Å². The Labute approximate surface area is 129 Å². The predicted octanol–water partition coefficient (Wildman–Crippen LogP) is 1.80. The first-order valence-corrected chi connectivity index (χ1v) is 7.83. The highest BCUT2D eigenvalue weighted by Gasteiger charge is 2.22. The minimum absolute atomic E-state index is 0.00719. The van der Waals surface area contributed by atoms with Gasteiger partial charge in [0.1, 0.15) is 12.3 Å². The van der Waals surface area contributed by atoms with Gasteiger partial charge >= 0.3 is 0 Å². The van der Waals surface area contributed by atoms with E-state index < -0.39 is 0 Å². The van der Waals surface area contributed by atoms with E-state index in [2.05, 4.69) is 22.1 Å². The topological polar surface area (TPSA) is 42.8 Å². The number of likely N-dealkylation sites (N-methyl/N-ethyl adjacent to an activating group) is 1. The van der Waals surface area contributed by atoms with E-state index in [9.17, 15) is 4.79 Å².